The summed E-state index contributed by atoms with van der Waals surface area (Å²) in [7, 11) is 0. The van der Waals surface area contributed by atoms with Crippen LogP contribution in [0.3, 0.4) is 0 Å². The molecule has 3 heteroatoms. The van der Waals surface area contributed by atoms with E-state index in [0.29, 0.717) is 19.3 Å². The second-order valence-corrected chi connectivity index (χ2v) is 7.61. The highest BCUT2D eigenvalue weighted by Crippen LogP contribution is 2.56. The van der Waals surface area contributed by atoms with Crippen LogP contribution in [0.1, 0.15) is 45.6 Å². The van der Waals surface area contributed by atoms with Gasteiger partial charge in [-0.1, -0.05) is 43.9 Å². The largest absolute Gasteiger partial charge is 0.296 e. The molecule has 2 unspecified atom stereocenters. The molecule has 1 saturated carbocycles. The molecule has 22 heavy (non-hydrogen) atoms. The molecule has 1 saturated heterocycles. The number of carbonyl (C=O) groups excluding carboxylic acids is 2. The van der Waals surface area contributed by atoms with Gasteiger partial charge in [-0.25, -0.2) is 0 Å². The first-order chi connectivity index (χ1) is 10.2. The zero-order valence-corrected chi connectivity index (χ0v) is 13.3. The number of fused-ring (bicyclic) bond motifs is 2. The lowest BCUT2D eigenvalue weighted by Gasteiger charge is -2.52. The lowest BCUT2D eigenvalue weighted by Crippen LogP contribution is -2.61. The molecule has 2 bridgehead atoms. The van der Waals surface area contributed by atoms with Crippen LogP contribution in [0.4, 0.5) is 0 Å². The molecule has 0 aromatic heterocycles. The summed E-state index contributed by atoms with van der Waals surface area (Å²) >= 11 is 0. The minimum Gasteiger partial charge on any atom is -0.296 e. The highest BCUT2D eigenvalue weighted by Gasteiger charge is 2.58. The number of hydrogen-bond acceptors (Lipinski definition) is 2. The first kappa shape index (κ1) is 14.8. The van der Waals surface area contributed by atoms with Gasteiger partial charge in [-0.2, -0.15) is 0 Å². The van der Waals surface area contributed by atoms with Gasteiger partial charge in [-0.05, 0) is 38.3 Å². The van der Waals surface area contributed by atoms with E-state index in [1.165, 1.54) is 0 Å². The summed E-state index contributed by atoms with van der Waals surface area (Å²) in [4.78, 5) is 24.5. The molecule has 0 spiro atoms. The fourth-order valence-electron chi connectivity index (χ4n) is 4.33. The van der Waals surface area contributed by atoms with Crippen LogP contribution in [0.25, 0.3) is 0 Å². The maximum absolute atomic E-state index is 12.3. The number of piperidine rings is 1. The first-order valence-corrected chi connectivity index (χ1v) is 7.69. The third kappa shape index (κ3) is 2.43. The number of carbonyl (C=O) groups is 2. The maximum atomic E-state index is 12.3. The predicted octanol–water partition coefficient (Wildman–Crippen LogP) is 2.90. The van der Waals surface area contributed by atoms with Gasteiger partial charge in [-0.3, -0.25) is 14.9 Å². The van der Waals surface area contributed by atoms with Crippen molar-refractivity contribution in [1.29, 1.82) is 0 Å². The van der Waals surface area contributed by atoms with Gasteiger partial charge in [0.1, 0.15) is 0 Å². The fourth-order valence-corrected chi connectivity index (χ4v) is 4.33. The zero-order chi connectivity index (χ0) is 16.0. The number of nitrogens with one attached hydrogen (secondary N) is 1. The molecule has 1 aromatic rings. The van der Waals surface area contributed by atoms with Crippen LogP contribution in [-0.4, -0.2) is 11.8 Å². The molecule has 1 aliphatic carbocycles. The van der Waals surface area contributed by atoms with E-state index in [2.05, 4.69) is 24.1 Å². The van der Waals surface area contributed by atoms with Gasteiger partial charge >= 0.3 is 0 Å². The Morgan fingerprint density at radius 1 is 0.909 bits per heavy atom. The van der Waals surface area contributed by atoms with E-state index >= 15 is 0 Å². The maximum Gasteiger partial charge on any atom is 0.232 e. The lowest BCUT2D eigenvalue weighted by atomic mass is 9.52. The number of hydrogen-bond donors (Lipinski definition) is 1. The molecular formula is C19H21NO2. The van der Waals surface area contributed by atoms with Crippen LogP contribution in [0.15, 0.2) is 30.3 Å². The highest BCUT2D eigenvalue weighted by atomic mass is 16.2. The van der Waals surface area contributed by atoms with E-state index in [0.717, 1.165) is 5.56 Å². The minimum absolute atomic E-state index is 0.151. The summed E-state index contributed by atoms with van der Waals surface area (Å²) in [6.45, 7) is 5.98. The summed E-state index contributed by atoms with van der Waals surface area (Å²) in [6, 6.07) is 9.83. The Morgan fingerprint density at radius 3 is 2.00 bits per heavy atom. The van der Waals surface area contributed by atoms with Gasteiger partial charge in [-0.15, -0.1) is 0 Å². The molecule has 1 N–H and O–H groups in total. The fraction of sp³-hybridized carbons (Fsp3) is 0.474. The molecule has 2 fully saturated rings. The second-order valence-electron chi connectivity index (χ2n) is 7.61. The first-order valence-electron chi connectivity index (χ1n) is 7.69. The summed E-state index contributed by atoms with van der Waals surface area (Å²) in [5, 5.41) is 2.55. The number of imide groups is 1. The Kier molecular flexibility index (Phi) is 3.18. The SMILES string of the molecule is CC1(C#Cc2ccccc2)CC2(C)CC(C)(C1)C(=O)NC2=O. The van der Waals surface area contributed by atoms with E-state index < -0.39 is 10.8 Å². The van der Waals surface area contributed by atoms with Crippen LogP contribution in [-0.2, 0) is 9.59 Å². The molecular weight excluding hydrogens is 274 g/mol. The number of rotatable bonds is 0. The van der Waals surface area contributed by atoms with Crippen LogP contribution in [0.2, 0.25) is 0 Å². The highest BCUT2D eigenvalue weighted by molar-refractivity contribution is 6.03. The average molecular weight is 295 g/mol. The van der Waals surface area contributed by atoms with Crippen LogP contribution in [0.5, 0.6) is 0 Å². The summed E-state index contributed by atoms with van der Waals surface area (Å²) in [6.07, 6.45) is 2.00. The molecule has 3 rings (SSSR count). The molecule has 2 aliphatic rings. The van der Waals surface area contributed by atoms with E-state index in [1.54, 1.807) is 0 Å². The summed E-state index contributed by atoms with van der Waals surface area (Å²) in [5.41, 5.74) is -0.391. The monoisotopic (exact) mass is 295 g/mol. The van der Waals surface area contributed by atoms with E-state index in [1.807, 2.05) is 44.2 Å². The van der Waals surface area contributed by atoms with Gasteiger partial charge in [0, 0.05) is 21.8 Å². The van der Waals surface area contributed by atoms with Crippen molar-refractivity contribution < 1.29 is 9.59 Å². The summed E-state index contributed by atoms with van der Waals surface area (Å²) in [5.74, 6) is 6.27. The van der Waals surface area contributed by atoms with Crippen molar-refractivity contribution in [1.82, 2.24) is 5.32 Å². The molecule has 0 radical (unpaired) electrons. The van der Waals surface area contributed by atoms with Crippen molar-refractivity contribution in [3.05, 3.63) is 35.9 Å². The Hall–Kier alpha value is -2.08. The van der Waals surface area contributed by atoms with Gasteiger partial charge in [0.25, 0.3) is 0 Å². The van der Waals surface area contributed by atoms with Gasteiger partial charge in [0.05, 0.1) is 0 Å². The lowest BCUT2D eigenvalue weighted by molar-refractivity contribution is -0.158. The van der Waals surface area contributed by atoms with Crippen molar-refractivity contribution in [3.8, 4) is 11.8 Å². The zero-order valence-electron chi connectivity index (χ0n) is 13.3. The van der Waals surface area contributed by atoms with Crippen molar-refractivity contribution in [2.45, 2.75) is 40.0 Å². The minimum atomic E-state index is -0.513. The third-order valence-electron chi connectivity index (χ3n) is 4.95. The number of amides is 2. The normalized spacial score (nSPS) is 37.0. The van der Waals surface area contributed by atoms with Crippen molar-refractivity contribution in [3.63, 3.8) is 0 Å². The smallest absolute Gasteiger partial charge is 0.232 e. The Morgan fingerprint density at radius 2 is 1.45 bits per heavy atom. The van der Waals surface area contributed by atoms with E-state index in [-0.39, 0.29) is 17.2 Å². The topological polar surface area (TPSA) is 46.2 Å². The Balaban J connectivity index is 1.97. The third-order valence-corrected chi connectivity index (χ3v) is 4.95. The van der Waals surface area contributed by atoms with Crippen molar-refractivity contribution in [2.24, 2.45) is 16.2 Å². The standard InChI is InChI=1S/C19H21NO2/c1-17(10-9-14-7-5-4-6-8-14)11-18(2)13-19(3,12-17)16(22)20-15(18)21/h4-8H,11-13H2,1-3H3,(H,20,21,22). The van der Waals surface area contributed by atoms with Gasteiger partial charge in [0.2, 0.25) is 11.8 Å². The van der Waals surface area contributed by atoms with E-state index in [4.69, 9.17) is 0 Å². The predicted molar refractivity (Wildman–Crippen MR) is 84.6 cm³/mol. The molecule has 2 amide bonds. The Bertz CT molecular complexity index is 669. The Labute approximate surface area is 131 Å². The molecule has 1 aliphatic heterocycles. The van der Waals surface area contributed by atoms with Gasteiger partial charge in [0.15, 0.2) is 0 Å². The molecule has 2 atom stereocenters. The molecule has 3 nitrogen and oxygen atoms in total. The van der Waals surface area contributed by atoms with Gasteiger partial charge < -0.3 is 0 Å². The summed E-state index contributed by atoms with van der Waals surface area (Å²) < 4.78 is 0. The van der Waals surface area contributed by atoms with Crippen LogP contribution in [0, 0.1) is 28.1 Å². The van der Waals surface area contributed by atoms with Crippen molar-refractivity contribution >= 4 is 11.8 Å². The van der Waals surface area contributed by atoms with Crippen LogP contribution < -0.4 is 5.32 Å². The van der Waals surface area contributed by atoms with Crippen molar-refractivity contribution in [2.75, 3.05) is 0 Å². The number of benzene rings is 1. The molecule has 1 heterocycles. The van der Waals surface area contributed by atoms with Crippen LogP contribution >= 0.6 is 0 Å². The average Bonchev–Trinajstić information content (AvgIpc) is 2.44. The van der Waals surface area contributed by atoms with E-state index in [9.17, 15) is 9.59 Å². The second kappa shape index (κ2) is 4.71. The molecule has 1 aromatic carbocycles. The molecule has 114 valence electrons. The quantitative estimate of drug-likeness (QED) is 0.591.